The molecular weight excluding hydrogens is 439 g/mol. The van der Waals surface area contributed by atoms with Gasteiger partial charge in [0.05, 0.1) is 4.92 Å². The number of aliphatic carboxylic acids is 1. The Hall–Kier alpha value is -2.98. The number of nitrogens with zero attached hydrogens (tertiary/aromatic N) is 2. The second-order valence-electron chi connectivity index (χ2n) is 7.88. The molecular formula is C23H28F3N3O4. The van der Waals surface area contributed by atoms with Gasteiger partial charge in [-0.1, -0.05) is 42.5 Å². The number of nitrogens with one attached hydrogen (secondary N) is 1. The molecule has 0 bridgehead atoms. The molecule has 1 aliphatic rings. The van der Waals surface area contributed by atoms with Gasteiger partial charge in [-0.3, -0.25) is 10.1 Å². The van der Waals surface area contributed by atoms with Crippen molar-refractivity contribution in [3.05, 3.63) is 75.8 Å². The van der Waals surface area contributed by atoms with Crippen LogP contribution in [-0.2, 0) is 17.8 Å². The van der Waals surface area contributed by atoms with Crippen molar-refractivity contribution >= 4 is 11.7 Å². The number of nitro benzene ring substituents is 1. The molecule has 0 aromatic heterocycles. The van der Waals surface area contributed by atoms with E-state index in [4.69, 9.17) is 9.90 Å². The smallest absolute Gasteiger partial charge is 0.475 e. The minimum atomic E-state index is -5.08. The first kappa shape index (κ1) is 26.3. The molecule has 0 atom stereocenters. The number of carbonyl (C=O) groups is 1. The largest absolute Gasteiger partial charge is 0.490 e. The highest BCUT2D eigenvalue weighted by atomic mass is 19.4. The molecule has 1 fully saturated rings. The van der Waals surface area contributed by atoms with E-state index in [2.05, 4.69) is 40.5 Å². The van der Waals surface area contributed by atoms with E-state index in [1.165, 1.54) is 24.5 Å². The van der Waals surface area contributed by atoms with Crippen LogP contribution in [0.3, 0.4) is 0 Å². The number of benzene rings is 2. The molecule has 33 heavy (non-hydrogen) atoms. The molecule has 0 aliphatic carbocycles. The van der Waals surface area contributed by atoms with E-state index in [-0.39, 0.29) is 10.6 Å². The van der Waals surface area contributed by atoms with Crippen molar-refractivity contribution in [2.45, 2.75) is 32.0 Å². The number of nitro groups is 1. The van der Waals surface area contributed by atoms with E-state index in [1.54, 1.807) is 12.1 Å². The van der Waals surface area contributed by atoms with Crippen molar-refractivity contribution < 1.29 is 28.0 Å². The number of hydrogen-bond donors (Lipinski definition) is 2. The average Bonchev–Trinajstić information content (AvgIpc) is 2.79. The molecule has 7 nitrogen and oxygen atoms in total. The Morgan fingerprint density at radius 3 is 2.27 bits per heavy atom. The number of piperidine rings is 1. The molecule has 0 radical (unpaired) electrons. The number of alkyl halides is 3. The molecule has 1 aliphatic heterocycles. The second-order valence-corrected chi connectivity index (χ2v) is 7.88. The minimum Gasteiger partial charge on any atom is -0.475 e. The summed E-state index contributed by atoms with van der Waals surface area (Å²) in [5.74, 6) is -2.06. The first-order valence-electron chi connectivity index (χ1n) is 10.7. The predicted octanol–water partition coefficient (Wildman–Crippen LogP) is 4.27. The van der Waals surface area contributed by atoms with Crippen LogP contribution >= 0.6 is 0 Å². The van der Waals surface area contributed by atoms with E-state index in [0.29, 0.717) is 12.5 Å². The molecule has 1 saturated heterocycles. The zero-order chi connectivity index (χ0) is 24.3. The second kappa shape index (κ2) is 12.9. The molecule has 3 rings (SSSR count). The summed E-state index contributed by atoms with van der Waals surface area (Å²) in [5.41, 5.74) is 2.55. The first-order valence-corrected chi connectivity index (χ1v) is 10.7. The van der Waals surface area contributed by atoms with Crippen LogP contribution < -0.4 is 5.32 Å². The van der Waals surface area contributed by atoms with E-state index < -0.39 is 12.1 Å². The topological polar surface area (TPSA) is 95.7 Å². The van der Waals surface area contributed by atoms with Gasteiger partial charge >= 0.3 is 12.1 Å². The third kappa shape index (κ3) is 10.0. The Morgan fingerprint density at radius 1 is 1.09 bits per heavy atom. The van der Waals surface area contributed by atoms with Crippen molar-refractivity contribution in [1.29, 1.82) is 0 Å². The zero-order valence-electron chi connectivity index (χ0n) is 18.1. The van der Waals surface area contributed by atoms with Gasteiger partial charge in [0.1, 0.15) is 0 Å². The number of halogens is 3. The molecule has 0 amide bonds. The lowest BCUT2D eigenvalue weighted by Gasteiger charge is -2.32. The summed E-state index contributed by atoms with van der Waals surface area (Å²) in [5, 5.41) is 21.4. The molecule has 180 valence electrons. The summed E-state index contributed by atoms with van der Waals surface area (Å²) in [6, 6.07) is 17.6. The van der Waals surface area contributed by atoms with Gasteiger partial charge in [-0.05, 0) is 55.9 Å². The lowest BCUT2D eigenvalue weighted by Crippen LogP contribution is -2.38. The predicted molar refractivity (Wildman–Crippen MR) is 118 cm³/mol. The number of hydrogen-bond acceptors (Lipinski definition) is 5. The van der Waals surface area contributed by atoms with Crippen LogP contribution in [0, 0.1) is 16.0 Å². The highest BCUT2D eigenvalue weighted by molar-refractivity contribution is 5.73. The fourth-order valence-corrected chi connectivity index (χ4v) is 3.55. The Kier molecular flexibility index (Phi) is 10.3. The van der Waals surface area contributed by atoms with Crippen molar-refractivity contribution in [1.82, 2.24) is 10.2 Å². The van der Waals surface area contributed by atoms with Crippen molar-refractivity contribution in [2.75, 3.05) is 26.2 Å². The Morgan fingerprint density at radius 2 is 1.70 bits per heavy atom. The summed E-state index contributed by atoms with van der Waals surface area (Å²) in [7, 11) is 0. The van der Waals surface area contributed by atoms with Crippen LogP contribution in [0.15, 0.2) is 54.6 Å². The van der Waals surface area contributed by atoms with Gasteiger partial charge in [0, 0.05) is 25.2 Å². The number of carboxylic acids is 1. The fraction of sp³-hybridized carbons (Fsp3) is 0.435. The summed E-state index contributed by atoms with van der Waals surface area (Å²) in [6.45, 7) is 5.13. The summed E-state index contributed by atoms with van der Waals surface area (Å²) < 4.78 is 31.7. The highest BCUT2D eigenvalue weighted by Crippen LogP contribution is 2.18. The molecule has 0 spiro atoms. The maximum atomic E-state index is 10.8. The number of likely N-dealkylation sites (tertiary alicyclic amines) is 1. The summed E-state index contributed by atoms with van der Waals surface area (Å²) in [4.78, 5) is 21.9. The van der Waals surface area contributed by atoms with Crippen LogP contribution in [0.5, 0.6) is 0 Å². The fourth-order valence-electron chi connectivity index (χ4n) is 3.55. The third-order valence-corrected chi connectivity index (χ3v) is 5.39. The van der Waals surface area contributed by atoms with E-state index >= 15 is 0 Å². The number of non-ortho nitro benzene ring substituents is 1. The maximum absolute atomic E-state index is 10.8. The van der Waals surface area contributed by atoms with Crippen molar-refractivity contribution in [3.63, 3.8) is 0 Å². The maximum Gasteiger partial charge on any atom is 0.490 e. The average molecular weight is 467 g/mol. The Labute approximate surface area is 190 Å². The molecule has 10 heteroatoms. The molecule has 0 unspecified atom stereocenters. The van der Waals surface area contributed by atoms with Crippen LogP contribution in [0.25, 0.3) is 0 Å². The molecule has 0 saturated carbocycles. The zero-order valence-corrected chi connectivity index (χ0v) is 18.1. The molecule has 2 N–H and O–H groups in total. The van der Waals surface area contributed by atoms with Gasteiger partial charge in [0.2, 0.25) is 0 Å². The highest BCUT2D eigenvalue weighted by Gasteiger charge is 2.38. The summed E-state index contributed by atoms with van der Waals surface area (Å²) in [6.07, 6.45) is -1.52. The normalized spacial score (nSPS) is 14.9. The van der Waals surface area contributed by atoms with E-state index in [1.807, 2.05) is 6.07 Å². The lowest BCUT2D eigenvalue weighted by atomic mass is 9.96. The monoisotopic (exact) mass is 467 g/mol. The first-order chi connectivity index (χ1) is 15.6. The van der Waals surface area contributed by atoms with Crippen LogP contribution in [0.4, 0.5) is 18.9 Å². The van der Waals surface area contributed by atoms with Gasteiger partial charge in [0.15, 0.2) is 0 Å². The van der Waals surface area contributed by atoms with Gasteiger partial charge in [-0.15, -0.1) is 0 Å². The van der Waals surface area contributed by atoms with Gasteiger partial charge < -0.3 is 15.3 Å². The SMILES string of the molecule is O=C(O)C(F)(F)F.O=[N+]([O-])c1cccc(CNCC2CCN(CCc3ccccc3)CC2)c1. The summed E-state index contributed by atoms with van der Waals surface area (Å²) >= 11 is 0. The van der Waals surface area contributed by atoms with Crippen LogP contribution in [0.2, 0.25) is 0 Å². The molecule has 2 aromatic rings. The van der Waals surface area contributed by atoms with Gasteiger partial charge in [-0.2, -0.15) is 13.2 Å². The molecule has 1 heterocycles. The lowest BCUT2D eigenvalue weighted by molar-refractivity contribution is -0.384. The van der Waals surface area contributed by atoms with Crippen molar-refractivity contribution in [2.24, 2.45) is 5.92 Å². The van der Waals surface area contributed by atoms with E-state index in [0.717, 1.165) is 38.2 Å². The number of rotatable bonds is 8. The van der Waals surface area contributed by atoms with Crippen molar-refractivity contribution in [3.8, 4) is 0 Å². The molecule has 2 aromatic carbocycles. The van der Waals surface area contributed by atoms with Crippen LogP contribution in [0.1, 0.15) is 24.0 Å². The Bertz CT molecular complexity index is 886. The van der Waals surface area contributed by atoms with Gasteiger partial charge in [-0.25, -0.2) is 4.79 Å². The number of carboxylic acid groups (broad SMARTS) is 1. The van der Waals surface area contributed by atoms with Gasteiger partial charge in [0.25, 0.3) is 5.69 Å². The minimum absolute atomic E-state index is 0.163. The van der Waals surface area contributed by atoms with Crippen LogP contribution in [-0.4, -0.2) is 53.3 Å². The Balaban J connectivity index is 0.000000479. The third-order valence-electron chi connectivity index (χ3n) is 5.39. The standard InChI is InChI=1S/C21H27N3O2.C2HF3O2/c25-24(26)21-8-4-7-20(15-21)17-22-16-19-10-13-23(14-11-19)12-9-18-5-2-1-3-6-18;3-2(4,5)1(6)7/h1-8,15,19,22H,9-14,16-17H2;(H,6,7). The van der Waals surface area contributed by atoms with E-state index in [9.17, 15) is 23.3 Å². The quantitative estimate of drug-likeness (QED) is 0.445.